The maximum Gasteiger partial charge on any atom is 0.170 e. The molecule has 16 heavy (non-hydrogen) atoms. The summed E-state index contributed by atoms with van der Waals surface area (Å²) in [4.78, 5) is 2.45. The van der Waals surface area contributed by atoms with Crippen molar-refractivity contribution in [1.82, 2.24) is 4.90 Å². The summed E-state index contributed by atoms with van der Waals surface area (Å²) in [7, 11) is -2.59. The summed E-state index contributed by atoms with van der Waals surface area (Å²) in [6.07, 6.45) is 2.62. The van der Waals surface area contributed by atoms with Crippen LogP contribution in [0.2, 0.25) is 0 Å². The van der Waals surface area contributed by atoms with E-state index in [1.165, 1.54) is 31.5 Å². The topological polar surface area (TPSA) is 46.3 Å². The Morgan fingerprint density at radius 1 is 1.25 bits per heavy atom. The van der Waals surface area contributed by atoms with E-state index in [1.54, 1.807) is 6.66 Å². The fourth-order valence-corrected chi connectivity index (χ4v) is 2.84. The van der Waals surface area contributed by atoms with Crippen molar-refractivity contribution in [2.24, 2.45) is 5.50 Å². The lowest BCUT2D eigenvalue weighted by Crippen LogP contribution is -2.19. The van der Waals surface area contributed by atoms with Gasteiger partial charge < -0.3 is 4.57 Å². The second-order valence-corrected chi connectivity index (χ2v) is 7.14. The molecule has 2 rings (SSSR count). The molecule has 1 atom stereocenters. The Kier molecular flexibility index (Phi) is 3.48. The van der Waals surface area contributed by atoms with Crippen LogP contribution in [0, 0.1) is 0 Å². The van der Waals surface area contributed by atoms with Gasteiger partial charge >= 0.3 is 0 Å². The SMILES string of the molecule is CP(N)(=O)c1ccc(CN2CCCC2)cc1. The minimum atomic E-state index is -2.59. The van der Waals surface area contributed by atoms with Crippen LogP contribution in [0.25, 0.3) is 0 Å². The minimum Gasteiger partial charge on any atom is -0.302 e. The number of rotatable bonds is 3. The van der Waals surface area contributed by atoms with E-state index < -0.39 is 7.29 Å². The lowest BCUT2D eigenvalue weighted by Gasteiger charge is -2.15. The van der Waals surface area contributed by atoms with Crippen LogP contribution in [0.15, 0.2) is 24.3 Å². The van der Waals surface area contributed by atoms with Gasteiger partial charge in [0.25, 0.3) is 0 Å². The predicted octanol–water partition coefficient (Wildman–Crippen LogP) is 1.77. The molecule has 0 spiro atoms. The number of likely N-dealkylation sites (tertiary alicyclic amines) is 1. The zero-order valence-corrected chi connectivity index (χ0v) is 10.6. The highest BCUT2D eigenvalue weighted by atomic mass is 31.2. The first-order chi connectivity index (χ1) is 7.55. The lowest BCUT2D eigenvalue weighted by molar-refractivity contribution is 0.331. The Balaban J connectivity index is 2.04. The summed E-state index contributed by atoms with van der Waals surface area (Å²) in [5, 5.41) is 0.762. The largest absolute Gasteiger partial charge is 0.302 e. The normalized spacial score (nSPS) is 20.9. The molecule has 3 nitrogen and oxygen atoms in total. The van der Waals surface area contributed by atoms with E-state index in [4.69, 9.17) is 5.50 Å². The van der Waals surface area contributed by atoms with E-state index in [0.717, 1.165) is 11.8 Å². The van der Waals surface area contributed by atoms with E-state index in [1.807, 2.05) is 24.3 Å². The highest BCUT2D eigenvalue weighted by molar-refractivity contribution is 7.68. The highest BCUT2D eigenvalue weighted by Crippen LogP contribution is 2.29. The molecule has 0 aliphatic carbocycles. The van der Waals surface area contributed by atoms with Crippen LogP contribution in [0.5, 0.6) is 0 Å². The fraction of sp³-hybridized carbons (Fsp3) is 0.500. The Bertz CT molecular complexity index is 390. The van der Waals surface area contributed by atoms with Gasteiger partial charge in [0.1, 0.15) is 0 Å². The van der Waals surface area contributed by atoms with Gasteiger partial charge in [0.15, 0.2) is 7.29 Å². The molecule has 88 valence electrons. The molecule has 0 radical (unpaired) electrons. The van der Waals surface area contributed by atoms with Crippen molar-refractivity contribution in [3.8, 4) is 0 Å². The van der Waals surface area contributed by atoms with Crippen LogP contribution in [0.1, 0.15) is 18.4 Å². The molecule has 4 heteroatoms. The molecule has 1 fully saturated rings. The molecular formula is C12H19N2OP. The number of benzene rings is 1. The standard InChI is InChI=1S/C12H19N2OP/c1-16(13,15)12-6-4-11(5-7-12)10-14-8-2-3-9-14/h4-7H,2-3,8-10H2,1H3,(H2,13,15). The Hall–Kier alpha value is -0.630. The lowest BCUT2D eigenvalue weighted by atomic mass is 10.2. The first kappa shape index (κ1) is 11.8. The third-order valence-corrected chi connectivity index (χ3v) is 4.38. The summed E-state index contributed by atoms with van der Waals surface area (Å²) in [6.45, 7) is 5.00. The molecule has 1 aliphatic heterocycles. The van der Waals surface area contributed by atoms with Crippen LogP contribution in [-0.2, 0) is 11.1 Å². The van der Waals surface area contributed by atoms with Crippen LogP contribution in [0.4, 0.5) is 0 Å². The van der Waals surface area contributed by atoms with Gasteiger partial charge in [0.05, 0.1) is 0 Å². The van der Waals surface area contributed by atoms with Gasteiger partial charge in [0, 0.05) is 18.5 Å². The van der Waals surface area contributed by atoms with Crippen molar-refractivity contribution < 1.29 is 4.57 Å². The van der Waals surface area contributed by atoms with Crippen molar-refractivity contribution in [2.45, 2.75) is 19.4 Å². The molecule has 0 bridgehead atoms. The summed E-state index contributed by atoms with van der Waals surface area (Å²) in [5.74, 6) is 0. The molecule has 2 N–H and O–H groups in total. The van der Waals surface area contributed by atoms with Crippen LogP contribution in [-0.4, -0.2) is 24.7 Å². The molecule has 1 aromatic carbocycles. The third-order valence-electron chi connectivity index (χ3n) is 3.05. The molecule has 1 heterocycles. The maximum atomic E-state index is 11.6. The molecule has 0 amide bonds. The number of nitrogens with zero attached hydrogens (tertiary/aromatic N) is 1. The van der Waals surface area contributed by atoms with Crippen molar-refractivity contribution >= 4 is 12.6 Å². The van der Waals surface area contributed by atoms with Crippen molar-refractivity contribution in [1.29, 1.82) is 0 Å². The first-order valence-corrected chi connectivity index (χ1v) is 7.96. The predicted molar refractivity (Wildman–Crippen MR) is 68.3 cm³/mol. The van der Waals surface area contributed by atoms with E-state index in [0.29, 0.717) is 0 Å². The van der Waals surface area contributed by atoms with Crippen molar-refractivity contribution in [3.05, 3.63) is 29.8 Å². The molecular weight excluding hydrogens is 219 g/mol. The Morgan fingerprint density at radius 2 is 1.81 bits per heavy atom. The van der Waals surface area contributed by atoms with E-state index >= 15 is 0 Å². The van der Waals surface area contributed by atoms with E-state index in [-0.39, 0.29) is 0 Å². The molecule has 1 aromatic rings. The zero-order chi connectivity index (χ0) is 11.6. The van der Waals surface area contributed by atoms with E-state index in [9.17, 15) is 4.57 Å². The van der Waals surface area contributed by atoms with Crippen molar-refractivity contribution in [2.75, 3.05) is 19.8 Å². The molecule has 0 aromatic heterocycles. The van der Waals surface area contributed by atoms with Crippen LogP contribution in [0.3, 0.4) is 0 Å². The zero-order valence-electron chi connectivity index (χ0n) is 9.72. The Morgan fingerprint density at radius 3 is 2.31 bits per heavy atom. The van der Waals surface area contributed by atoms with Gasteiger partial charge in [-0.1, -0.05) is 12.1 Å². The quantitative estimate of drug-likeness (QED) is 0.816. The first-order valence-electron chi connectivity index (χ1n) is 5.74. The summed E-state index contributed by atoms with van der Waals surface area (Å²) in [6, 6.07) is 7.87. The average molecular weight is 238 g/mol. The average Bonchev–Trinajstić information content (AvgIpc) is 2.70. The van der Waals surface area contributed by atoms with Crippen LogP contribution >= 0.6 is 7.29 Å². The van der Waals surface area contributed by atoms with Gasteiger partial charge in [0.2, 0.25) is 0 Å². The second-order valence-electron chi connectivity index (χ2n) is 4.64. The number of nitrogens with two attached hydrogens (primary N) is 1. The summed E-state index contributed by atoms with van der Waals surface area (Å²) >= 11 is 0. The molecule has 1 aliphatic rings. The van der Waals surface area contributed by atoms with Gasteiger partial charge in [-0.2, -0.15) is 0 Å². The van der Waals surface area contributed by atoms with Gasteiger partial charge in [-0.3, -0.25) is 10.4 Å². The second kappa shape index (κ2) is 4.70. The smallest absolute Gasteiger partial charge is 0.170 e. The van der Waals surface area contributed by atoms with Crippen LogP contribution < -0.4 is 10.8 Å². The maximum absolute atomic E-state index is 11.6. The number of hydrogen-bond acceptors (Lipinski definition) is 2. The third kappa shape index (κ3) is 2.94. The molecule has 0 saturated carbocycles. The molecule has 1 saturated heterocycles. The van der Waals surface area contributed by atoms with Gasteiger partial charge in [-0.05, 0) is 43.6 Å². The van der Waals surface area contributed by atoms with Gasteiger partial charge in [-0.15, -0.1) is 0 Å². The van der Waals surface area contributed by atoms with Crippen molar-refractivity contribution in [3.63, 3.8) is 0 Å². The highest BCUT2D eigenvalue weighted by Gasteiger charge is 2.13. The van der Waals surface area contributed by atoms with E-state index in [2.05, 4.69) is 4.90 Å². The Labute approximate surface area is 97.1 Å². The monoisotopic (exact) mass is 238 g/mol. The fourth-order valence-electron chi connectivity index (χ4n) is 2.10. The van der Waals surface area contributed by atoms with Gasteiger partial charge in [-0.25, -0.2) is 0 Å². The number of hydrogen-bond donors (Lipinski definition) is 1. The molecule has 1 unspecified atom stereocenters. The summed E-state index contributed by atoms with van der Waals surface area (Å²) in [5.41, 5.74) is 6.89. The minimum absolute atomic E-state index is 0.762. The summed E-state index contributed by atoms with van der Waals surface area (Å²) < 4.78 is 11.6.